The maximum absolute atomic E-state index is 10.3. The average molecular weight is 214 g/mol. The lowest BCUT2D eigenvalue weighted by atomic mass is 9.87. The van der Waals surface area contributed by atoms with Gasteiger partial charge in [-0.05, 0) is 32.1 Å². The normalized spacial score (nSPS) is 24.0. The second-order valence-electron chi connectivity index (χ2n) is 4.97. The highest BCUT2D eigenvalue weighted by molar-refractivity contribution is 4.93. The van der Waals surface area contributed by atoms with E-state index in [-0.39, 0.29) is 11.7 Å². The van der Waals surface area contributed by atoms with E-state index in [1.54, 1.807) is 0 Å². The molecule has 2 nitrogen and oxygen atoms in total. The molecule has 2 heteroatoms. The van der Waals surface area contributed by atoms with Gasteiger partial charge in [0.1, 0.15) is 0 Å². The Morgan fingerprint density at radius 3 is 2.33 bits per heavy atom. The van der Waals surface area contributed by atoms with Crippen LogP contribution in [0.25, 0.3) is 0 Å². The zero-order valence-electron chi connectivity index (χ0n) is 10.5. The molecule has 0 aromatic carbocycles. The van der Waals surface area contributed by atoms with Gasteiger partial charge in [0.2, 0.25) is 0 Å². The van der Waals surface area contributed by atoms with E-state index in [4.69, 9.17) is 4.74 Å². The van der Waals surface area contributed by atoms with Gasteiger partial charge in [-0.3, -0.25) is 0 Å². The van der Waals surface area contributed by atoms with Gasteiger partial charge in [-0.25, -0.2) is 0 Å². The molecule has 1 N–H and O–H groups in total. The van der Waals surface area contributed by atoms with Crippen molar-refractivity contribution < 1.29 is 9.84 Å². The molecule has 0 radical (unpaired) electrons. The first-order valence-electron chi connectivity index (χ1n) is 6.46. The van der Waals surface area contributed by atoms with E-state index in [2.05, 4.69) is 13.8 Å². The SMILES string of the molecule is CCOC1(C(O)CC(C)CC)CCCC1. The second-order valence-corrected chi connectivity index (χ2v) is 4.97. The van der Waals surface area contributed by atoms with Crippen molar-refractivity contribution in [3.8, 4) is 0 Å². The van der Waals surface area contributed by atoms with Crippen LogP contribution in [0.1, 0.15) is 59.3 Å². The monoisotopic (exact) mass is 214 g/mol. The molecule has 0 saturated heterocycles. The zero-order chi connectivity index (χ0) is 11.3. The Hall–Kier alpha value is -0.0800. The minimum atomic E-state index is -0.269. The molecular formula is C13H26O2. The molecule has 90 valence electrons. The van der Waals surface area contributed by atoms with E-state index >= 15 is 0 Å². The van der Waals surface area contributed by atoms with Gasteiger partial charge >= 0.3 is 0 Å². The van der Waals surface area contributed by atoms with Crippen LogP contribution in [0.4, 0.5) is 0 Å². The Balaban J connectivity index is 2.54. The van der Waals surface area contributed by atoms with Crippen molar-refractivity contribution in [1.82, 2.24) is 0 Å². The standard InChI is InChI=1S/C13H26O2/c1-4-11(3)10-12(14)13(15-5-2)8-6-7-9-13/h11-12,14H,4-10H2,1-3H3. The molecule has 1 aliphatic carbocycles. The number of aliphatic hydroxyl groups excluding tert-OH is 1. The van der Waals surface area contributed by atoms with Crippen LogP contribution in [0.2, 0.25) is 0 Å². The Bertz CT molecular complexity index is 173. The van der Waals surface area contributed by atoms with E-state index in [1.165, 1.54) is 12.8 Å². The maximum atomic E-state index is 10.3. The van der Waals surface area contributed by atoms with Crippen LogP contribution in [0.5, 0.6) is 0 Å². The highest BCUT2D eigenvalue weighted by atomic mass is 16.5. The molecule has 0 spiro atoms. The summed E-state index contributed by atoms with van der Waals surface area (Å²) in [4.78, 5) is 0. The molecule has 0 aliphatic heterocycles. The topological polar surface area (TPSA) is 29.5 Å². The summed E-state index contributed by atoms with van der Waals surface area (Å²) in [6, 6.07) is 0. The van der Waals surface area contributed by atoms with Gasteiger partial charge in [0.05, 0.1) is 11.7 Å². The minimum Gasteiger partial charge on any atom is -0.390 e. The fraction of sp³-hybridized carbons (Fsp3) is 1.00. The van der Waals surface area contributed by atoms with Crippen LogP contribution in [0.3, 0.4) is 0 Å². The zero-order valence-corrected chi connectivity index (χ0v) is 10.5. The van der Waals surface area contributed by atoms with Gasteiger partial charge in [0, 0.05) is 6.61 Å². The average Bonchev–Trinajstić information content (AvgIpc) is 2.68. The van der Waals surface area contributed by atoms with Crippen LogP contribution >= 0.6 is 0 Å². The molecule has 0 bridgehead atoms. The Labute approximate surface area is 94.0 Å². The van der Waals surface area contributed by atoms with Crippen LogP contribution in [-0.4, -0.2) is 23.4 Å². The quantitative estimate of drug-likeness (QED) is 0.736. The molecule has 0 heterocycles. The highest BCUT2D eigenvalue weighted by Crippen LogP contribution is 2.38. The number of aliphatic hydroxyl groups is 1. The van der Waals surface area contributed by atoms with Crippen molar-refractivity contribution in [3.05, 3.63) is 0 Å². The number of ether oxygens (including phenoxy) is 1. The summed E-state index contributed by atoms with van der Waals surface area (Å²) >= 11 is 0. The van der Waals surface area contributed by atoms with Crippen molar-refractivity contribution >= 4 is 0 Å². The van der Waals surface area contributed by atoms with Gasteiger partial charge < -0.3 is 9.84 Å². The molecule has 2 unspecified atom stereocenters. The number of hydrogen-bond acceptors (Lipinski definition) is 2. The van der Waals surface area contributed by atoms with Crippen molar-refractivity contribution in [2.24, 2.45) is 5.92 Å². The minimum absolute atomic E-state index is 0.210. The summed E-state index contributed by atoms with van der Waals surface area (Å²) in [7, 11) is 0. The number of rotatable bonds is 6. The number of hydrogen-bond donors (Lipinski definition) is 1. The first kappa shape index (κ1) is 13.0. The summed E-state index contributed by atoms with van der Waals surface area (Å²) in [6.07, 6.45) is 6.25. The van der Waals surface area contributed by atoms with E-state index in [0.29, 0.717) is 5.92 Å². The molecule has 0 amide bonds. The molecule has 0 aromatic heterocycles. The first-order chi connectivity index (χ1) is 7.14. The van der Waals surface area contributed by atoms with E-state index in [9.17, 15) is 5.11 Å². The Morgan fingerprint density at radius 2 is 1.87 bits per heavy atom. The van der Waals surface area contributed by atoms with Gasteiger partial charge in [0.15, 0.2) is 0 Å². The van der Waals surface area contributed by atoms with Crippen molar-refractivity contribution in [2.75, 3.05) is 6.61 Å². The lowest BCUT2D eigenvalue weighted by Crippen LogP contribution is -2.43. The largest absolute Gasteiger partial charge is 0.390 e. The molecule has 2 atom stereocenters. The fourth-order valence-corrected chi connectivity index (χ4v) is 2.60. The van der Waals surface area contributed by atoms with E-state index in [0.717, 1.165) is 32.3 Å². The van der Waals surface area contributed by atoms with Crippen LogP contribution in [-0.2, 0) is 4.74 Å². The first-order valence-corrected chi connectivity index (χ1v) is 6.46. The molecular weight excluding hydrogens is 188 g/mol. The summed E-state index contributed by atoms with van der Waals surface area (Å²) in [5.41, 5.74) is -0.210. The third-order valence-electron chi connectivity index (χ3n) is 3.81. The maximum Gasteiger partial charge on any atom is 0.0940 e. The summed E-state index contributed by atoms with van der Waals surface area (Å²) < 4.78 is 5.85. The fourth-order valence-electron chi connectivity index (χ4n) is 2.60. The molecule has 1 aliphatic rings. The van der Waals surface area contributed by atoms with Crippen LogP contribution < -0.4 is 0 Å². The van der Waals surface area contributed by atoms with Gasteiger partial charge in [-0.2, -0.15) is 0 Å². The summed E-state index contributed by atoms with van der Waals surface area (Å²) in [6.45, 7) is 7.13. The molecule has 0 aromatic rings. The van der Waals surface area contributed by atoms with Crippen LogP contribution in [0, 0.1) is 5.92 Å². The predicted molar refractivity (Wildman–Crippen MR) is 62.9 cm³/mol. The smallest absolute Gasteiger partial charge is 0.0940 e. The Kier molecular flexibility index (Phi) is 5.07. The molecule has 1 rings (SSSR count). The predicted octanol–water partition coefficient (Wildman–Crippen LogP) is 3.13. The van der Waals surface area contributed by atoms with Gasteiger partial charge in [-0.15, -0.1) is 0 Å². The lowest BCUT2D eigenvalue weighted by Gasteiger charge is -2.35. The van der Waals surface area contributed by atoms with Gasteiger partial charge in [0.25, 0.3) is 0 Å². The lowest BCUT2D eigenvalue weighted by molar-refractivity contribution is -0.122. The highest BCUT2D eigenvalue weighted by Gasteiger charge is 2.41. The summed E-state index contributed by atoms with van der Waals surface area (Å²) in [5.74, 6) is 0.595. The van der Waals surface area contributed by atoms with Crippen LogP contribution in [0.15, 0.2) is 0 Å². The van der Waals surface area contributed by atoms with Crippen molar-refractivity contribution in [1.29, 1.82) is 0 Å². The third-order valence-corrected chi connectivity index (χ3v) is 3.81. The summed E-state index contributed by atoms with van der Waals surface area (Å²) in [5, 5.41) is 10.3. The molecule has 15 heavy (non-hydrogen) atoms. The van der Waals surface area contributed by atoms with Gasteiger partial charge in [-0.1, -0.05) is 33.1 Å². The van der Waals surface area contributed by atoms with E-state index < -0.39 is 0 Å². The second kappa shape index (κ2) is 5.86. The van der Waals surface area contributed by atoms with Crippen molar-refractivity contribution in [3.63, 3.8) is 0 Å². The van der Waals surface area contributed by atoms with E-state index in [1.807, 2.05) is 6.92 Å². The molecule has 1 fully saturated rings. The third kappa shape index (κ3) is 3.18. The molecule has 1 saturated carbocycles. The van der Waals surface area contributed by atoms with Crippen molar-refractivity contribution in [2.45, 2.75) is 71.0 Å². The Morgan fingerprint density at radius 1 is 1.27 bits per heavy atom.